The molecule has 3 heterocycles. The summed E-state index contributed by atoms with van der Waals surface area (Å²) < 4.78 is 1.46. The number of aromatic nitrogens is 2. The van der Waals surface area contributed by atoms with Crippen LogP contribution in [-0.2, 0) is 17.9 Å². The standard InChI is InChI=1S/C19H24N4O2/c24-18-8-2-4-13-22(18)15-19(25)23(14-16-6-1-3-11-21-16)17-7-5-10-20-12-9-17/h1-4,6,8,11,13,17,20H,5,7,9-10,12,14-15H2. The zero-order valence-electron chi connectivity index (χ0n) is 14.3. The average Bonchev–Trinajstić information content (AvgIpc) is 2.92. The summed E-state index contributed by atoms with van der Waals surface area (Å²) in [6.45, 7) is 2.44. The lowest BCUT2D eigenvalue weighted by Gasteiger charge is -2.31. The summed E-state index contributed by atoms with van der Waals surface area (Å²) >= 11 is 0. The number of carbonyl (C=O) groups is 1. The molecule has 132 valence electrons. The average molecular weight is 340 g/mol. The van der Waals surface area contributed by atoms with E-state index in [1.54, 1.807) is 24.5 Å². The number of pyridine rings is 2. The normalized spacial score (nSPS) is 17.7. The van der Waals surface area contributed by atoms with E-state index in [9.17, 15) is 9.59 Å². The topological polar surface area (TPSA) is 67.2 Å². The monoisotopic (exact) mass is 340 g/mol. The van der Waals surface area contributed by atoms with Crippen molar-refractivity contribution in [2.45, 2.75) is 38.4 Å². The molecular formula is C19H24N4O2. The quantitative estimate of drug-likeness (QED) is 0.894. The number of rotatable bonds is 5. The Kier molecular flexibility index (Phi) is 5.95. The van der Waals surface area contributed by atoms with Crippen LogP contribution in [0.4, 0.5) is 0 Å². The van der Waals surface area contributed by atoms with Gasteiger partial charge in [-0.05, 0) is 50.6 Å². The maximum Gasteiger partial charge on any atom is 0.250 e. The second-order valence-corrected chi connectivity index (χ2v) is 6.34. The van der Waals surface area contributed by atoms with Gasteiger partial charge in [-0.2, -0.15) is 0 Å². The Balaban J connectivity index is 1.80. The molecule has 1 aliphatic rings. The molecule has 3 rings (SSSR count). The van der Waals surface area contributed by atoms with Gasteiger partial charge in [0.1, 0.15) is 6.54 Å². The molecular weight excluding hydrogens is 316 g/mol. The molecule has 2 aromatic heterocycles. The van der Waals surface area contributed by atoms with Crippen LogP contribution in [0.15, 0.2) is 53.6 Å². The first-order chi connectivity index (χ1) is 12.2. The summed E-state index contributed by atoms with van der Waals surface area (Å²) in [6.07, 6.45) is 6.33. The molecule has 1 N–H and O–H groups in total. The van der Waals surface area contributed by atoms with Gasteiger partial charge >= 0.3 is 0 Å². The van der Waals surface area contributed by atoms with Crippen molar-refractivity contribution in [2.75, 3.05) is 13.1 Å². The first-order valence-electron chi connectivity index (χ1n) is 8.79. The molecule has 2 aromatic rings. The van der Waals surface area contributed by atoms with Gasteiger partial charge in [0.15, 0.2) is 0 Å². The lowest BCUT2D eigenvalue weighted by Crippen LogP contribution is -2.43. The van der Waals surface area contributed by atoms with Crippen LogP contribution in [0.5, 0.6) is 0 Å². The van der Waals surface area contributed by atoms with E-state index in [0.717, 1.165) is 38.0 Å². The van der Waals surface area contributed by atoms with E-state index in [0.29, 0.717) is 6.54 Å². The smallest absolute Gasteiger partial charge is 0.250 e. The third-order valence-electron chi connectivity index (χ3n) is 4.57. The second kappa shape index (κ2) is 8.58. The fraction of sp³-hybridized carbons (Fsp3) is 0.421. The lowest BCUT2D eigenvalue weighted by atomic mass is 10.1. The fourth-order valence-corrected chi connectivity index (χ4v) is 3.23. The van der Waals surface area contributed by atoms with Crippen molar-refractivity contribution < 1.29 is 4.79 Å². The molecule has 6 nitrogen and oxygen atoms in total. The van der Waals surface area contributed by atoms with E-state index in [1.165, 1.54) is 10.6 Å². The maximum absolute atomic E-state index is 13.0. The summed E-state index contributed by atoms with van der Waals surface area (Å²) in [5.74, 6) is -0.0362. The van der Waals surface area contributed by atoms with Gasteiger partial charge in [0, 0.05) is 24.5 Å². The van der Waals surface area contributed by atoms with Crippen molar-refractivity contribution in [3.8, 4) is 0 Å². The van der Waals surface area contributed by atoms with Crippen LogP contribution >= 0.6 is 0 Å². The highest BCUT2D eigenvalue weighted by Crippen LogP contribution is 2.17. The van der Waals surface area contributed by atoms with Crippen LogP contribution in [0.3, 0.4) is 0 Å². The molecule has 25 heavy (non-hydrogen) atoms. The fourth-order valence-electron chi connectivity index (χ4n) is 3.23. The van der Waals surface area contributed by atoms with Crippen LogP contribution in [0.1, 0.15) is 25.0 Å². The summed E-state index contributed by atoms with van der Waals surface area (Å²) in [5, 5.41) is 3.38. The summed E-state index contributed by atoms with van der Waals surface area (Å²) in [5.41, 5.74) is 0.713. The minimum Gasteiger partial charge on any atom is -0.332 e. The van der Waals surface area contributed by atoms with Gasteiger partial charge in [-0.3, -0.25) is 14.6 Å². The summed E-state index contributed by atoms with van der Waals surface area (Å²) in [4.78, 5) is 31.2. The Morgan fingerprint density at radius 2 is 2.08 bits per heavy atom. The van der Waals surface area contributed by atoms with Gasteiger partial charge in [0.05, 0.1) is 12.2 Å². The van der Waals surface area contributed by atoms with E-state index in [4.69, 9.17) is 0 Å². The van der Waals surface area contributed by atoms with E-state index in [2.05, 4.69) is 10.3 Å². The molecule has 1 aliphatic heterocycles. The Morgan fingerprint density at radius 3 is 2.88 bits per heavy atom. The molecule has 1 unspecified atom stereocenters. The minimum absolute atomic E-state index is 0.0362. The molecule has 1 saturated heterocycles. The Morgan fingerprint density at radius 1 is 1.20 bits per heavy atom. The highest BCUT2D eigenvalue weighted by molar-refractivity contribution is 5.76. The molecule has 0 saturated carbocycles. The molecule has 1 fully saturated rings. The Bertz CT molecular complexity index is 736. The second-order valence-electron chi connectivity index (χ2n) is 6.34. The summed E-state index contributed by atoms with van der Waals surface area (Å²) in [7, 11) is 0. The van der Waals surface area contributed by atoms with Crippen LogP contribution in [0.25, 0.3) is 0 Å². The van der Waals surface area contributed by atoms with E-state index in [-0.39, 0.29) is 24.1 Å². The van der Waals surface area contributed by atoms with Crippen molar-refractivity contribution in [3.63, 3.8) is 0 Å². The van der Waals surface area contributed by atoms with Crippen molar-refractivity contribution in [2.24, 2.45) is 0 Å². The minimum atomic E-state index is -0.156. The molecule has 0 radical (unpaired) electrons. The predicted molar refractivity (Wildman–Crippen MR) is 96.0 cm³/mol. The van der Waals surface area contributed by atoms with E-state index < -0.39 is 0 Å². The molecule has 0 aliphatic carbocycles. The van der Waals surface area contributed by atoms with Crippen molar-refractivity contribution >= 4 is 5.91 Å². The SMILES string of the molecule is O=C(Cn1ccccc1=O)N(Cc1ccccn1)C1CCCNCC1. The van der Waals surface area contributed by atoms with Crippen molar-refractivity contribution in [1.82, 2.24) is 19.8 Å². The molecule has 0 spiro atoms. The lowest BCUT2D eigenvalue weighted by molar-refractivity contribution is -0.135. The first-order valence-corrected chi connectivity index (χ1v) is 8.79. The first kappa shape index (κ1) is 17.4. The van der Waals surface area contributed by atoms with Gasteiger partial charge in [-0.25, -0.2) is 0 Å². The molecule has 1 atom stereocenters. The highest BCUT2D eigenvalue weighted by Gasteiger charge is 2.25. The van der Waals surface area contributed by atoms with Crippen LogP contribution in [-0.4, -0.2) is 39.5 Å². The van der Waals surface area contributed by atoms with Crippen LogP contribution in [0.2, 0.25) is 0 Å². The third kappa shape index (κ3) is 4.76. The molecule has 0 bridgehead atoms. The molecule has 1 amide bonds. The number of carbonyl (C=O) groups excluding carboxylic acids is 1. The third-order valence-corrected chi connectivity index (χ3v) is 4.57. The number of hydrogen-bond donors (Lipinski definition) is 1. The van der Waals surface area contributed by atoms with Crippen LogP contribution < -0.4 is 10.9 Å². The Labute approximate surface area is 147 Å². The van der Waals surface area contributed by atoms with Gasteiger partial charge in [-0.15, -0.1) is 0 Å². The van der Waals surface area contributed by atoms with Gasteiger partial charge in [-0.1, -0.05) is 12.1 Å². The van der Waals surface area contributed by atoms with E-state index >= 15 is 0 Å². The summed E-state index contributed by atoms with van der Waals surface area (Å²) in [6, 6.07) is 10.8. The predicted octanol–water partition coefficient (Wildman–Crippen LogP) is 1.41. The van der Waals surface area contributed by atoms with Crippen molar-refractivity contribution in [1.29, 1.82) is 0 Å². The zero-order valence-corrected chi connectivity index (χ0v) is 14.3. The van der Waals surface area contributed by atoms with Gasteiger partial charge in [0.25, 0.3) is 5.56 Å². The number of hydrogen-bond acceptors (Lipinski definition) is 4. The number of amides is 1. The van der Waals surface area contributed by atoms with Crippen LogP contribution in [0, 0.1) is 0 Å². The van der Waals surface area contributed by atoms with Crippen molar-refractivity contribution in [3.05, 3.63) is 64.8 Å². The number of nitrogens with one attached hydrogen (secondary N) is 1. The Hall–Kier alpha value is -2.47. The molecule has 6 heteroatoms. The van der Waals surface area contributed by atoms with E-state index in [1.807, 2.05) is 23.1 Å². The maximum atomic E-state index is 13.0. The van der Waals surface area contributed by atoms with Gasteiger partial charge < -0.3 is 14.8 Å². The largest absolute Gasteiger partial charge is 0.332 e. The number of nitrogens with zero attached hydrogens (tertiary/aromatic N) is 3. The molecule has 0 aromatic carbocycles. The highest BCUT2D eigenvalue weighted by atomic mass is 16.2. The van der Waals surface area contributed by atoms with Gasteiger partial charge in [0.2, 0.25) is 5.91 Å². The zero-order chi connectivity index (χ0) is 17.5.